The van der Waals surface area contributed by atoms with Crippen LogP contribution in [0.3, 0.4) is 0 Å². The zero-order valence-electron chi connectivity index (χ0n) is 17.6. The van der Waals surface area contributed by atoms with Crippen LogP contribution in [0.5, 0.6) is 0 Å². The predicted octanol–water partition coefficient (Wildman–Crippen LogP) is 3.72. The fourth-order valence-corrected chi connectivity index (χ4v) is 4.68. The van der Waals surface area contributed by atoms with E-state index in [1.807, 2.05) is 0 Å². The molecule has 11 heteroatoms. The van der Waals surface area contributed by atoms with E-state index in [-0.39, 0.29) is 23.8 Å². The van der Waals surface area contributed by atoms with Gasteiger partial charge in [-0.25, -0.2) is 14.2 Å². The number of nitrogens with zero attached hydrogens (tertiary/aromatic N) is 2. The van der Waals surface area contributed by atoms with Gasteiger partial charge in [-0.15, -0.1) is 11.3 Å². The number of amidine groups is 1. The first kappa shape index (κ1) is 23.3. The number of carboxylic acid groups (broad SMARTS) is 1. The van der Waals surface area contributed by atoms with Gasteiger partial charge < -0.3 is 19.9 Å². The molecule has 0 aliphatic carbocycles. The molecule has 3 heterocycles. The van der Waals surface area contributed by atoms with Gasteiger partial charge in [-0.2, -0.15) is 0 Å². The number of hydrogen-bond acceptors (Lipinski definition) is 8. The van der Waals surface area contributed by atoms with Crippen molar-refractivity contribution in [3.8, 4) is 0 Å². The Bertz CT molecular complexity index is 1110. The monoisotopic (exact) mass is 493 g/mol. The van der Waals surface area contributed by atoms with Crippen LogP contribution >= 0.6 is 22.9 Å². The molecular formula is C22H21ClFN3O5S. The summed E-state index contributed by atoms with van der Waals surface area (Å²) in [6, 6.07) is 3.00. The summed E-state index contributed by atoms with van der Waals surface area (Å²) in [5.41, 5.74) is 1.03. The van der Waals surface area contributed by atoms with E-state index in [2.05, 4.69) is 10.3 Å². The maximum absolute atomic E-state index is 13.7. The van der Waals surface area contributed by atoms with Gasteiger partial charge in [0.05, 0.1) is 36.5 Å². The average molecular weight is 494 g/mol. The molecule has 4 rings (SSSR count). The first-order valence-electron chi connectivity index (χ1n) is 10.3. The number of aliphatic imine (C=N–C) groups is 1. The number of nitrogens with one attached hydrogen (secondary N) is 1. The Balaban J connectivity index is 1.82. The highest BCUT2D eigenvalue weighted by atomic mass is 35.5. The number of hydrogen-bond donors (Lipinski definition) is 2. The van der Waals surface area contributed by atoms with Gasteiger partial charge in [0.25, 0.3) is 0 Å². The average Bonchev–Trinajstić information content (AvgIpc) is 3.33. The molecule has 33 heavy (non-hydrogen) atoms. The van der Waals surface area contributed by atoms with E-state index in [0.29, 0.717) is 34.9 Å². The second-order valence-electron chi connectivity index (χ2n) is 7.49. The summed E-state index contributed by atoms with van der Waals surface area (Å²) in [6.07, 6.45) is 1.79. The molecule has 0 bridgehead atoms. The van der Waals surface area contributed by atoms with Crippen LogP contribution in [-0.4, -0.2) is 47.2 Å². The van der Waals surface area contributed by atoms with Gasteiger partial charge in [-0.05, 0) is 31.9 Å². The van der Waals surface area contributed by atoms with E-state index in [1.165, 1.54) is 23.5 Å². The van der Waals surface area contributed by atoms with Crippen LogP contribution in [-0.2, 0) is 19.1 Å². The molecule has 8 nitrogen and oxygen atoms in total. The molecule has 0 radical (unpaired) electrons. The molecule has 2 N–H and O–H groups in total. The number of esters is 1. The quantitative estimate of drug-likeness (QED) is 0.590. The van der Waals surface area contributed by atoms with Crippen molar-refractivity contribution in [1.29, 1.82) is 0 Å². The van der Waals surface area contributed by atoms with E-state index in [0.717, 1.165) is 6.07 Å². The number of aromatic nitrogens is 1. The Morgan fingerprint density at radius 1 is 1.39 bits per heavy atom. The van der Waals surface area contributed by atoms with Crippen molar-refractivity contribution < 1.29 is 28.6 Å². The lowest BCUT2D eigenvalue weighted by Crippen LogP contribution is -2.42. The lowest BCUT2D eigenvalue weighted by molar-refractivity contribution is -0.148. The lowest BCUT2D eigenvalue weighted by atomic mass is 9.90. The third kappa shape index (κ3) is 4.92. The topological polar surface area (TPSA) is 110 Å². The maximum Gasteiger partial charge on any atom is 0.338 e. The fourth-order valence-electron chi connectivity index (χ4n) is 3.82. The maximum atomic E-state index is 13.7. The first-order chi connectivity index (χ1) is 15.9. The molecule has 0 amide bonds. The summed E-state index contributed by atoms with van der Waals surface area (Å²) < 4.78 is 24.9. The minimum atomic E-state index is -0.925. The van der Waals surface area contributed by atoms with E-state index in [9.17, 15) is 19.1 Å². The fraction of sp³-hybridized carbons (Fsp3) is 0.364. The normalized spacial score (nSPS) is 23.0. The van der Waals surface area contributed by atoms with Gasteiger partial charge in [0, 0.05) is 22.2 Å². The number of ether oxygens (including phenoxy) is 2. The molecule has 0 saturated carbocycles. The van der Waals surface area contributed by atoms with Crippen molar-refractivity contribution in [2.75, 3.05) is 13.2 Å². The molecule has 1 unspecified atom stereocenters. The molecule has 3 atom stereocenters. The molecule has 174 valence electrons. The van der Waals surface area contributed by atoms with Crippen LogP contribution in [0.15, 0.2) is 46.0 Å². The number of thiazole rings is 1. The molecule has 1 aromatic heterocycles. The zero-order chi connectivity index (χ0) is 23.5. The lowest BCUT2D eigenvalue weighted by Gasteiger charge is -2.34. The van der Waals surface area contributed by atoms with Gasteiger partial charge >= 0.3 is 11.9 Å². The summed E-state index contributed by atoms with van der Waals surface area (Å²) in [6.45, 7) is 1.83. The highest BCUT2D eigenvalue weighted by Crippen LogP contribution is 2.39. The van der Waals surface area contributed by atoms with Gasteiger partial charge in [0.2, 0.25) is 0 Å². The minimum absolute atomic E-state index is 0.00693. The van der Waals surface area contributed by atoms with Crippen molar-refractivity contribution >= 4 is 40.7 Å². The van der Waals surface area contributed by atoms with Crippen LogP contribution in [0.2, 0.25) is 5.02 Å². The van der Waals surface area contributed by atoms with Crippen molar-refractivity contribution in [2.45, 2.75) is 31.9 Å². The Kier molecular flexibility index (Phi) is 7.06. The zero-order valence-corrected chi connectivity index (χ0v) is 19.2. The number of carbonyl (C=O) groups excluding carboxylic acids is 1. The van der Waals surface area contributed by atoms with Gasteiger partial charge in [-0.3, -0.25) is 9.79 Å². The predicted molar refractivity (Wildman–Crippen MR) is 120 cm³/mol. The number of carboxylic acids is 1. The van der Waals surface area contributed by atoms with Gasteiger partial charge in [0.1, 0.15) is 11.9 Å². The van der Waals surface area contributed by atoms with Crippen LogP contribution in [0.25, 0.3) is 0 Å². The highest BCUT2D eigenvalue weighted by molar-refractivity contribution is 7.11. The second kappa shape index (κ2) is 9.98. The second-order valence-corrected chi connectivity index (χ2v) is 8.79. The highest BCUT2D eigenvalue weighted by Gasteiger charge is 2.39. The number of rotatable bonds is 6. The number of halogens is 2. The van der Waals surface area contributed by atoms with E-state index in [1.54, 1.807) is 18.5 Å². The summed E-state index contributed by atoms with van der Waals surface area (Å²) >= 11 is 7.71. The Morgan fingerprint density at radius 3 is 2.82 bits per heavy atom. The number of carbonyl (C=O) groups is 2. The number of aliphatic carboxylic acids is 1. The van der Waals surface area contributed by atoms with Gasteiger partial charge in [0.15, 0.2) is 10.8 Å². The van der Waals surface area contributed by atoms with Crippen LogP contribution < -0.4 is 5.32 Å². The smallest absolute Gasteiger partial charge is 0.338 e. The molecule has 1 aromatic carbocycles. The SMILES string of the molecule is CCOC(=O)C1=C([C@@H]2CC[C@@H](C(=O)O)CO2)NC(c2nccs2)=NC1c1ccc(F)cc1Cl. The molecular weight excluding hydrogens is 473 g/mol. The van der Waals surface area contributed by atoms with E-state index < -0.39 is 35.8 Å². The number of benzene rings is 1. The molecule has 1 saturated heterocycles. The van der Waals surface area contributed by atoms with Crippen molar-refractivity contribution in [3.05, 3.63) is 62.5 Å². The Labute approximate surface area is 198 Å². The summed E-state index contributed by atoms with van der Waals surface area (Å²) in [7, 11) is 0. The van der Waals surface area contributed by atoms with Crippen LogP contribution in [0.1, 0.15) is 36.4 Å². The largest absolute Gasteiger partial charge is 0.481 e. The summed E-state index contributed by atoms with van der Waals surface area (Å²) in [4.78, 5) is 33.5. The minimum Gasteiger partial charge on any atom is -0.481 e. The third-order valence-electron chi connectivity index (χ3n) is 5.41. The van der Waals surface area contributed by atoms with E-state index in [4.69, 9.17) is 26.1 Å². The Hall–Kier alpha value is -2.82. The van der Waals surface area contributed by atoms with Crippen LogP contribution in [0.4, 0.5) is 4.39 Å². The van der Waals surface area contributed by atoms with Crippen molar-refractivity contribution in [2.24, 2.45) is 10.9 Å². The van der Waals surface area contributed by atoms with Gasteiger partial charge in [-0.1, -0.05) is 17.7 Å². The molecule has 2 aromatic rings. The third-order valence-corrected chi connectivity index (χ3v) is 6.52. The Morgan fingerprint density at radius 2 is 2.21 bits per heavy atom. The van der Waals surface area contributed by atoms with Crippen LogP contribution in [0, 0.1) is 11.7 Å². The molecule has 2 aliphatic heterocycles. The molecule has 1 fully saturated rings. The van der Waals surface area contributed by atoms with Crippen molar-refractivity contribution in [3.63, 3.8) is 0 Å². The first-order valence-corrected chi connectivity index (χ1v) is 11.6. The molecule has 2 aliphatic rings. The molecule has 0 spiro atoms. The van der Waals surface area contributed by atoms with Crippen molar-refractivity contribution in [1.82, 2.24) is 10.3 Å². The standard InChI is InChI=1S/C22H21ClFN3O5S/c1-2-31-22(30)16-17(13-5-4-12(24)9-14(13)23)26-19(20-25-7-8-33-20)27-18(16)15-6-3-11(10-32-15)21(28)29/h4-5,7-9,11,15,17H,2-3,6,10H2,1H3,(H,26,27)(H,28,29)/t11-,15+,17?/m1/s1. The summed E-state index contributed by atoms with van der Waals surface area (Å²) in [5, 5.41) is 15.0. The summed E-state index contributed by atoms with van der Waals surface area (Å²) in [5.74, 6) is -2.27. The van der Waals surface area contributed by atoms with E-state index >= 15 is 0 Å².